The first-order valence-electron chi connectivity index (χ1n) is 4.99. The number of amides is 1. The van der Waals surface area contributed by atoms with Gasteiger partial charge in [-0.15, -0.1) is 0 Å². The summed E-state index contributed by atoms with van der Waals surface area (Å²) < 4.78 is 0. The second-order valence-corrected chi connectivity index (χ2v) is 3.76. The molecule has 1 amide bonds. The predicted molar refractivity (Wildman–Crippen MR) is 56.8 cm³/mol. The number of nitrogens with zero attached hydrogens (tertiary/aromatic N) is 1. The van der Waals surface area contributed by atoms with E-state index in [2.05, 4.69) is 15.5 Å². The van der Waals surface area contributed by atoms with Crippen molar-refractivity contribution < 1.29 is 14.7 Å². The smallest absolute Gasteiger partial charge is 0.308 e. The van der Waals surface area contributed by atoms with Crippen LogP contribution in [-0.2, 0) is 16.0 Å². The number of carboxylic acids is 1. The Morgan fingerprint density at radius 1 is 1.62 bits per heavy atom. The summed E-state index contributed by atoms with van der Waals surface area (Å²) in [5, 5.41) is 17.8. The zero-order valence-corrected chi connectivity index (χ0v) is 9.28. The monoisotopic (exact) mass is 225 g/mol. The van der Waals surface area contributed by atoms with Crippen molar-refractivity contribution in [3.63, 3.8) is 0 Å². The molecule has 1 heterocycles. The number of H-pyrrole nitrogens is 1. The van der Waals surface area contributed by atoms with Gasteiger partial charge in [0.15, 0.2) is 0 Å². The third-order valence-electron chi connectivity index (χ3n) is 2.13. The molecule has 0 saturated carbocycles. The molecule has 6 nitrogen and oxygen atoms in total. The Morgan fingerprint density at radius 2 is 2.31 bits per heavy atom. The number of carboxylic acid groups (broad SMARTS) is 1. The Kier molecular flexibility index (Phi) is 4.04. The van der Waals surface area contributed by atoms with Crippen molar-refractivity contribution in [1.82, 2.24) is 15.5 Å². The summed E-state index contributed by atoms with van der Waals surface area (Å²) >= 11 is 0. The van der Waals surface area contributed by atoms with Crippen molar-refractivity contribution in [2.75, 3.05) is 6.54 Å². The molecule has 0 aromatic carbocycles. The molecule has 16 heavy (non-hydrogen) atoms. The van der Waals surface area contributed by atoms with Crippen LogP contribution in [0, 0.1) is 12.8 Å². The molecule has 0 saturated heterocycles. The summed E-state index contributed by atoms with van der Waals surface area (Å²) in [4.78, 5) is 21.9. The van der Waals surface area contributed by atoms with E-state index in [-0.39, 0.29) is 18.9 Å². The fourth-order valence-electron chi connectivity index (χ4n) is 1.15. The molecule has 0 spiro atoms. The van der Waals surface area contributed by atoms with Crippen LogP contribution in [0.15, 0.2) is 6.07 Å². The Hall–Kier alpha value is -1.85. The summed E-state index contributed by atoms with van der Waals surface area (Å²) in [6.07, 6.45) is 0.163. The van der Waals surface area contributed by atoms with Gasteiger partial charge in [0.1, 0.15) is 0 Å². The van der Waals surface area contributed by atoms with Gasteiger partial charge in [0.2, 0.25) is 5.91 Å². The van der Waals surface area contributed by atoms with Crippen molar-refractivity contribution in [2.24, 2.45) is 5.92 Å². The maximum absolute atomic E-state index is 11.4. The number of carbonyl (C=O) groups is 2. The van der Waals surface area contributed by atoms with Crippen molar-refractivity contribution in [1.29, 1.82) is 0 Å². The quantitative estimate of drug-likeness (QED) is 0.662. The number of aryl methyl sites for hydroxylation is 1. The van der Waals surface area contributed by atoms with Gasteiger partial charge in [-0.3, -0.25) is 14.7 Å². The molecule has 1 aromatic rings. The average molecular weight is 225 g/mol. The standard InChI is InChI=1S/C10H15N3O3/c1-6(10(15)16)5-11-9(14)4-8-3-7(2)12-13-8/h3,6H,4-5H2,1-2H3,(H,11,14)(H,12,13)(H,15,16). The second-order valence-electron chi connectivity index (χ2n) is 3.76. The first-order valence-corrected chi connectivity index (χ1v) is 4.99. The molecule has 1 rings (SSSR count). The summed E-state index contributed by atoms with van der Waals surface area (Å²) in [5.74, 6) is -1.72. The Morgan fingerprint density at radius 3 is 2.81 bits per heavy atom. The van der Waals surface area contributed by atoms with Gasteiger partial charge in [0.25, 0.3) is 0 Å². The molecule has 0 aliphatic rings. The van der Waals surface area contributed by atoms with E-state index in [4.69, 9.17) is 5.11 Å². The SMILES string of the molecule is Cc1cc(CC(=O)NCC(C)C(=O)O)n[nH]1. The Balaban J connectivity index is 2.34. The fourth-order valence-corrected chi connectivity index (χ4v) is 1.15. The summed E-state index contributed by atoms with van der Waals surface area (Å²) in [6.45, 7) is 3.53. The van der Waals surface area contributed by atoms with Gasteiger partial charge in [-0.1, -0.05) is 6.92 Å². The molecule has 0 radical (unpaired) electrons. The molecule has 1 aromatic heterocycles. The predicted octanol–water partition coefficient (Wildman–Crippen LogP) is 0.0975. The summed E-state index contributed by atoms with van der Waals surface area (Å²) in [7, 11) is 0. The van der Waals surface area contributed by atoms with Gasteiger partial charge < -0.3 is 10.4 Å². The van der Waals surface area contributed by atoms with Crippen molar-refractivity contribution in [3.05, 3.63) is 17.5 Å². The Bertz CT molecular complexity index is 386. The number of carbonyl (C=O) groups excluding carboxylic acids is 1. The largest absolute Gasteiger partial charge is 0.481 e. The fraction of sp³-hybridized carbons (Fsp3) is 0.500. The first kappa shape index (κ1) is 12.2. The molecular weight excluding hydrogens is 210 g/mol. The van der Waals surface area contributed by atoms with E-state index in [0.29, 0.717) is 5.69 Å². The maximum atomic E-state index is 11.4. The minimum absolute atomic E-state index is 0.136. The number of rotatable bonds is 5. The van der Waals surface area contributed by atoms with Crippen LogP contribution in [0.4, 0.5) is 0 Å². The number of aromatic amines is 1. The van der Waals surface area contributed by atoms with Crippen LogP contribution in [0.2, 0.25) is 0 Å². The third kappa shape index (κ3) is 3.72. The van der Waals surface area contributed by atoms with Gasteiger partial charge in [0.05, 0.1) is 18.0 Å². The highest BCUT2D eigenvalue weighted by molar-refractivity contribution is 5.79. The van der Waals surface area contributed by atoms with Gasteiger partial charge >= 0.3 is 5.97 Å². The lowest BCUT2D eigenvalue weighted by Crippen LogP contribution is -2.32. The van der Waals surface area contributed by atoms with E-state index in [1.165, 1.54) is 0 Å². The average Bonchev–Trinajstić information content (AvgIpc) is 2.60. The first-order chi connectivity index (χ1) is 7.49. The van der Waals surface area contributed by atoms with Gasteiger partial charge in [-0.25, -0.2) is 0 Å². The summed E-state index contributed by atoms with van der Waals surface area (Å²) in [6, 6.07) is 1.78. The van der Waals surface area contributed by atoms with E-state index in [1.807, 2.05) is 6.92 Å². The van der Waals surface area contributed by atoms with Crippen LogP contribution in [0.25, 0.3) is 0 Å². The zero-order valence-electron chi connectivity index (χ0n) is 9.28. The molecule has 0 aliphatic carbocycles. The number of nitrogens with one attached hydrogen (secondary N) is 2. The molecule has 6 heteroatoms. The molecule has 1 unspecified atom stereocenters. The number of aromatic nitrogens is 2. The third-order valence-corrected chi connectivity index (χ3v) is 2.13. The van der Waals surface area contributed by atoms with Gasteiger partial charge in [0, 0.05) is 12.2 Å². The van der Waals surface area contributed by atoms with Crippen molar-refractivity contribution in [3.8, 4) is 0 Å². The van der Waals surface area contributed by atoms with Crippen molar-refractivity contribution in [2.45, 2.75) is 20.3 Å². The molecular formula is C10H15N3O3. The van der Waals surface area contributed by atoms with E-state index in [0.717, 1.165) is 5.69 Å². The van der Waals surface area contributed by atoms with Crippen LogP contribution in [-0.4, -0.2) is 33.7 Å². The summed E-state index contributed by atoms with van der Waals surface area (Å²) in [5.41, 5.74) is 1.54. The molecule has 3 N–H and O–H groups in total. The Labute approximate surface area is 93.1 Å². The topological polar surface area (TPSA) is 95.1 Å². The zero-order chi connectivity index (χ0) is 12.1. The van der Waals surface area contributed by atoms with Gasteiger partial charge in [-0.05, 0) is 13.0 Å². The van der Waals surface area contributed by atoms with Crippen LogP contribution < -0.4 is 5.32 Å². The number of hydrogen-bond acceptors (Lipinski definition) is 3. The van der Waals surface area contributed by atoms with E-state index in [9.17, 15) is 9.59 Å². The molecule has 0 bridgehead atoms. The lowest BCUT2D eigenvalue weighted by atomic mass is 10.2. The van der Waals surface area contributed by atoms with E-state index in [1.54, 1.807) is 13.0 Å². The normalized spacial score (nSPS) is 12.1. The maximum Gasteiger partial charge on any atom is 0.308 e. The van der Waals surface area contributed by atoms with Crippen LogP contribution >= 0.6 is 0 Å². The molecule has 88 valence electrons. The highest BCUT2D eigenvalue weighted by Crippen LogP contribution is 1.99. The second kappa shape index (κ2) is 5.29. The van der Waals surface area contributed by atoms with E-state index >= 15 is 0 Å². The van der Waals surface area contributed by atoms with Gasteiger partial charge in [-0.2, -0.15) is 5.10 Å². The van der Waals surface area contributed by atoms with Crippen LogP contribution in [0.3, 0.4) is 0 Å². The minimum Gasteiger partial charge on any atom is -0.481 e. The van der Waals surface area contributed by atoms with Crippen LogP contribution in [0.5, 0.6) is 0 Å². The molecule has 1 atom stereocenters. The van der Waals surface area contributed by atoms with Crippen LogP contribution in [0.1, 0.15) is 18.3 Å². The highest BCUT2D eigenvalue weighted by Gasteiger charge is 2.12. The van der Waals surface area contributed by atoms with Crippen molar-refractivity contribution >= 4 is 11.9 Å². The lowest BCUT2D eigenvalue weighted by molar-refractivity contribution is -0.141. The number of aliphatic carboxylic acids is 1. The minimum atomic E-state index is -0.920. The number of hydrogen-bond donors (Lipinski definition) is 3. The lowest BCUT2D eigenvalue weighted by Gasteiger charge is -2.07. The molecule has 0 aliphatic heterocycles. The highest BCUT2D eigenvalue weighted by atomic mass is 16.4. The molecule has 0 fully saturated rings. The van der Waals surface area contributed by atoms with E-state index < -0.39 is 11.9 Å².